The van der Waals surface area contributed by atoms with E-state index >= 15 is 0 Å². The molecule has 0 atom stereocenters. The van der Waals surface area contributed by atoms with Crippen molar-refractivity contribution in [2.24, 2.45) is 5.92 Å². The van der Waals surface area contributed by atoms with Crippen LogP contribution in [-0.4, -0.2) is 41.9 Å². The Morgan fingerprint density at radius 1 is 1.27 bits per heavy atom. The van der Waals surface area contributed by atoms with Crippen molar-refractivity contribution >= 4 is 44.6 Å². The summed E-state index contributed by atoms with van der Waals surface area (Å²) in [6, 6.07) is 6.99. The predicted octanol–water partition coefficient (Wildman–Crippen LogP) is 4.67. The first-order valence-electron chi connectivity index (χ1n) is 10.7. The highest BCUT2D eigenvalue weighted by Crippen LogP contribution is 2.35. The molecule has 0 aliphatic carbocycles. The molecule has 8 nitrogen and oxygen atoms in total. The molecule has 11 heteroatoms. The first-order chi connectivity index (χ1) is 15.7. The summed E-state index contributed by atoms with van der Waals surface area (Å²) in [4.78, 5) is 18.6. The van der Waals surface area contributed by atoms with Gasteiger partial charge in [0.1, 0.15) is 0 Å². The number of aromatic nitrogens is 2. The molecule has 4 rings (SSSR count). The Labute approximate surface area is 202 Å². The minimum atomic E-state index is -3.69. The standard InChI is InChI=1S/C22H25ClN4O4S2/c1-4-20-25-21(26-31-20)18-12-19(14(3)32-18)33(29,30)27-9-7-15(8-10-27)22(28)24-16-6-5-13(2)17(23)11-16/h5-6,11-12,15H,4,7-10H2,1-3H3,(H,24,28). The first-order valence-corrected chi connectivity index (χ1v) is 13.3. The number of sulfonamides is 1. The smallest absolute Gasteiger partial charge is 0.244 e. The van der Waals surface area contributed by atoms with E-state index in [1.165, 1.54) is 15.6 Å². The molecule has 0 bridgehead atoms. The van der Waals surface area contributed by atoms with E-state index in [1.54, 1.807) is 19.1 Å². The summed E-state index contributed by atoms with van der Waals surface area (Å²) >= 11 is 7.46. The van der Waals surface area contributed by atoms with E-state index in [0.717, 1.165) is 5.56 Å². The van der Waals surface area contributed by atoms with Gasteiger partial charge in [0.05, 0.1) is 9.77 Å². The van der Waals surface area contributed by atoms with Gasteiger partial charge in [-0.05, 0) is 50.5 Å². The van der Waals surface area contributed by atoms with Gasteiger partial charge in [0.25, 0.3) is 0 Å². The fraction of sp³-hybridized carbons (Fsp3) is 0.409. The van der Waals surface area contributed by atoms with Gasteiger partial charge in [0.2, 0.25) is 27.6 Å². The number of hydrogen-bond donors (Lipinski definition) is 1. The number of hydrogen-bond acceptors (Lipinski definition) is 7. The van der Waals surface area contributed by atoms with Crippen LogP contribution in [0.15, 0.2) is 33.7 Å². The van der Waals surface area contributed by atoms with Crippen LogP contribution in [0.4, 0.5) is 5.69 Å². The summed E-state index contributed by atoms with van der Waals surface area (Å²) < 4.78 is 33.2. The Balaban J connectivity index is 1.42. The highest BCUT2D eigenvalue weighted by molar-refractivity contribution is 7.89. The number of amides is 1. The second-order valence-corrected chi connectivity index (χ2v) is 11.6. The van der Waals surface area contributed by atoms with E-state index in [9.17, 15) is 13.2 Å². The molecule has 0 radical (unpaired) electrons. The lowest BCUT2D eigenvalue weighted by Gasteiger charge is -2.30. The lowest BCUT2D eigenvalue weighted by molar-refractivity contribution is -0.120. The third-order valence-electron chi connectivity index (χ3n) is 5.75. The molecule has 0 unspecified atom stereocenters. The molecule has 1 aliphatic rings. The van der Waals surface area contributed by atoms with Crippen LogP contribution >= 0.6 is 22.9 Å². The molecule has 3 aromatic rings. The molecule has 1 N–H and O–H groups in total. The Bertz CT molecular complexity index is 1280. The first kappa shape index (κ1) is 23.9. The molecular formula is C22H25ClN4O4S2. The zero-order valence-corrected chi connectivity index (χ0v) is 21.0. The average Bonchev–Trinajstić information content (AvgIpc) is 3.43. The SMILES string of the molecule is CCc1nc(-c2cc(S(=O)(=O)N3CCC(C(=O)Nc4ccc(C)c(Cl)c4)CC3)c(C)s2)no1. The van der Waals surface area contributed by atoms with Gasteiger partial charge in [-0.15, -0.1) is 11.3 Å². The maximum absolute atomic E-state index is 13.3. The Morgan fingerprint density at radius 2 is 2.00 bits per heavy atom. The number of carbonyl (C=O) groups excluding carboxylic acids is 1. The van der Waals surface area contributed by atoms with Gasteiger partial charge < -0.3 is 9.84 Å². The molecule has 1 aliphatic heterocycles. The van der Waals surface area contributed by atoms with Crippen molar-refractivity contribution in [3.8, 4) is 10.7 Å². The minimum Gasteiger partial charge on any atom is -0.339 e. The third kappa shape index (κ3) is 4.98. The van der Waals surface area contributed by atoms with Gasteiger partial charge in [0, 0.05) is 41.0 Å². The Kier molecular flexibility index (Phi) is 6.90. The van der Waals surface area contributed by atoms with Crippen LogP contribution in [0, 0.1) is 19.8 Å². The van der Waals surface area contributed by atoms with E-state index < -0.39 is 10.0 Å². The van der Waals surface area contributed by atoms with Crippen molar-refractivity contribution in [3.05, 3.63) is 45.6 Å². The molecule has 1 amide bonds. The molecule has 1 aromatic carbocycles. The van der Waals surface area contributed by atoms with Gasteiger partial charge in [-0.2, -0.15) is 9.29 Å². The normalized spacial score (nSPS) is 15.6. The molecule has 176 valence electrons. The highest BCUT2D eigenvalue weighted by atomic mass is 35.5. The van der Waals surface area contributed by atoms with Crippen LogP contribution in [-0.2, 0) is 21.2 Å². The van der Waals surface area contributed by atoms with Crippen LogP contribution in [0.3, 0.4) is 0 Å². The van der Waals surface area contributed by atoms with Crippen LogP contribution < -0.4 is 5.32 Å². The number of nitrogens with one attached hydrogen (secondary N) is 1. The summed E-state index contributed by atoms with van der Waals surface area (Å²) in [7, 11) is -3.69. The van der Waals surface area contributed by atoms with Crippen molar-refractivity contribution in [1.82, 2.24) is 14.4 Å². The summed E-state index contributed by atoms with van der Waals surface area (Å²) in [6.07, 6.45) is 1.51. The van der Waals surface area contributed by atoms with Crippen molar-refractivity contribution < 1.29 is 17.7 Å². The topological polar surface area (TPSA) is 105 Å². The fourth-order valence-corrected chi connectivity index (χ4v) is 6.88. The minimum absolute atomic E-state index is 0.121. The quantitative estimate of drug-likeness (QED) is 0.518. The van der Waals surface area contributed by atoms with E-state index in [-0.39, 0.29) is 29.8 Å². The maximum atomic E-state index is 13.3. The third-order valence-corrected chi connectivity index (χ3v) is 9.35. The number of aryl methyl sites for hydroxylation is 3. The van der Waals surface area contributed by atoms with Gasteiger partial charge in [-0.25, -0.2) is 8.42 Å². The number of halogens is 1. The summed E-state index contributed by atoms with van der Waals surface area (Å²) in [6.45, 7) is 6.14. The second-order valence-electron chi connectivity index (χ2n) is 8.03. The summed E-state index contributed by atoms with van der Waals surface area (Å²) in [5.74, 6) is 0.522. The van der Waals surface area contributed by atoms with Gasteiger partial charge in [-0.3, -0.25) is 4.79 Å². The summed E-state index contributed by atoms with van der Waals surface area (Å²) in [5.41, 5.74) is 1.57. The largest absolute Gasteiger partial charge is 0.339 e. The number of benzene rings is 1. The van der Waals surface area contributed by atoms with Crippen molar-refractivity contribution in [2.45, 2.75) is 44.9 Å². The van der Waals surface area contributed by atoms with E-state index in [1.807, 2.05) is 26.0 Å². The van der Waals surface area contributed by atoms with E-state index in [0.29, 0.717) is 51.4 Å². The molecule has 0 saturated carbocycles. The zero-order valence-electron chi connectivity index (χ0n) is 18.6. The van der Waals surface area contributed by atoms with Crippen LogP contribution in [0.1, 0.15) is 36.1 Å². The number of thiophene rings is 1. The van der Waals surface area contributed by atoms with Crippen molar-refractivity contribution in [1.29, 1.82) is 0 Å². The average molecular weight is 509 g/mol. The Hall–Kier alpha value is -2.27. The molecule has 1 saturated heterocycles. The Morgan fingerprint density at radius 3 is 2.64 bits per heavy atom. The van der Waals surface area contributed by atoms with Gasteiger partial charge in [-0.1, -0.05) is 29.7 Å². The van der Waals surface area contributed by atoms with E-state index in [2.05, 4.69) is 15.5 Å². The molecular weight excluding hydrogens is 484 g/mol. The van der Waals surface area contributed by atoms with Crippen LogP contribution in [0.5, 0.6) is 0 Å². The molecule has 2 aromatic heterocycles. The van der Waals surface area contributed by atoms with Crippen molar-refractivity contribution in [3.63, 3.8) is 0 Å². The van der Waals surface area contributed by atoms with Crippen LogP contribution in [0.2, 0.25) is 5.02 Å². The second kappa shape index (κ2) is 9.54. The van der Waals surface area contributed by atoms with Crippen molar-refractivity contribution in [2.75, 3.05) is 18.4 Å². The monoisotopic (exact) mass is 508 g/mol. The number of carbonyl (C=O) groups is 1. The highest BCUT2D eigenvalue weighted by Gasteiger charge is 2.34. The van der Waals surface area contributed by atoms with E-state index in [4.69, 9.17) is 16.1 Å². The fourth-order valence-electron chi connectivity index (χ4n) is 3.74. The summed E-state index contributed by atoms with van der Waals surface area (Å²) in [5, 5.41) is 7.42. The number of piperidine rings is 1. The number of rotatable bonds is 6. The predicted molar refractivity (Wildman–Crippen MR) is 128 cm³/mol. The zero-order chi connectivity index (χ0) is 23.8. The lowest BCUT2D eigenvalue weighted by atomic mass is 9.97. The maximum Gasteiger partial charge on any atom is 0.244 e. The lowest BCUT2D eigenvalue weighted by Crippen LogP contribution is -2.41. The molecule has 33 heavy (non-hydrogen) atoms. The van der Waals surface area contributed by atoms with Gasteiger partial charge in [0.15, 0.2) is 0 Å². The number of nitrogens with zero attached hydrogens (tertiary/aromatic N) is 3. The number of anilines is 1. The van der Waals surface area contributed by atoms with Gasteiger partial charge >= 0.3 is 0 Å². The molecule has 1 fully saturated rings. The molecule has 0 spiro atoms. The van der Waals surface area contributed by atoms with Crippen LogP contribution in [0.25, 0.3) is 10.7 Å². The molecule has 3 heterocycles.